The van der Waals surface area contributed by atoms with Crippen LogP contribution in [0.5, 0.6) is 0 Å². The minimum atomic E-state index is 0.475. The molecule has 2 aromatic rings. The first-order valence-electron chi connectivity index (χ1n) is 7.21. The molecule has 0 aliphatic rings. The van der Waals surface area contributed by atoms with Gasteiger partial charge in [0, 0.05) is 9.61 Å². The van der Waals surface area contributed by atoms with E-state index < -0.39 is 0 Å². The molecule has 0 spiro atoms. The average Bonchev–Trinajstić information content (AvgIpc) is 2.50. The number of nitrogens with one attached hydrogen (secondary N) is 1. The zero-order chi connectivity index (χ0) is 14.4. The summed E-state index contributed by atoms with van der Waals surface area (Å²) in [7, 11) is 2.07. The lowest BCUT2D eigenvalue weighted by atomic mass is 9.86. The Morgan fingerprint density at radius 1 is 1.00 bits per heavy atom. The van der Waals surface area contributed by atoms with E-state index in [1.165, 1.54) is 14.7 Å². The predicted octanol–water partition coefficient (Wildman–Crippen LogP) is 4.62. The average molecular weight is 379 g/mol. The number of likely N-dealkylation sites (N-methyl/N-ethyl adjacent to an activating group) is 1. The van der Waals surface area contributed by atoms with Crippen LogP contribution in [0.15, 0.2) is 54.6 Å². The summed E-state index contributed by atoms with van der Waals surface area (Å²) in [4.78, 5) is 0. The molecule has 0 aliphatic carbocycles. The van der Waals surface area contributed by atoms with Crippen molar-refractivity contribution in [3.8, 4) is 0 Å². The summed E-state index contributed by atoms with van der Waals surface area (Å²) in [5.41, 5.74) is 2.83. The van der Waals surface area contributed by atoms with Gasteiger partial charge in [0.15, 0.2) is 0 Å². The van der Waals surface area contributed by atoms with Crippen LogP contribution in [0.25, 0.3) is 0 Å². The van der Waals surface area contributed by atoms with Crippen LogP contribution in [0.4, 0.5) is 0 Å². The lowest BCUT2D eigenvalue weighted by molar-refractivity contribution is 0.448. The van der Waals surface area contributed by atoms with Crippen molar-refractivity contribution in [2.75, 3.05) is 7.05 Å². The van der Waals surface area contributed by atoms with Crippen molar-refractivity contribution in [2.45, 2.75) is 31.7 Å². The largest absolute Gasteiger partial charge is 0.316 e. The monoisotopic (exact) mass is 379 g/mol. The molecular formula is C18H22IN. The molecule has 2 rings (SSSR count). The van der Waals surface area contributed by atoms with Crippen LogP contribution in [-0.4, -0.2) is 13.1 Å². The molecule has 0 radical (unpaired) electrons. The molecule has 106 valence electrons. The Hall–Kier alpha value is -0.870. The van der Waals surface area contributed by atoms with Crippen LogP contribution >= 0.6 is 22.6 Å². The Morgan fingerprint density at radius 3 is 2.20 bits per heavy atom. The molecule has 2 heteroatoms. The summed E-state index contributed by atoms with van der Waals surface area (Å²) in [6.45, 7) is 2.27. The first-order chi connectivity index (χ1) is 9.74. The fourth-order valence-corrected chi connectivity index (χ4v) is 3.13. The van der Waals surface area contributed by atoms with Gasteiger partial charge in [0.25, 0.3) is 0 Å². The highest BCUT2D eigenvalue weighted by Gasteiger charge is 2.20. The van der Waals surface area contributed by atoms with E-state index in [1.54, 1.807) is 0 Å². The highest BCUT2D eigenvalue weighted by Crippen LogP contribution is 2.25. The number of hydrogen-bond acceptors (Lipinski definition) is 1. The van der Waals surface area contributed by atoms with Crippen molar-refractivity contribution in [3.63, 3.8) is 0 Å². The van der Waals surface area contributed by atoms with Crippen molar-refractivity contribution in [2.24, 2.45) is 0 Å². The van der Waals surface area contributed by atoms with E-state index in [2.05, 4.69) is 96.5 Å². The van der Waals surface area contributed by atoms with Gasteiger partial charge in [-0.3, -0.25) is 0 Å². The van der Waals surface area contributed by atoms with Gasteiger partial charge >= 0.3 is 0 Å². The minimum absolute atomic E-state index is 0.475. The molecule has 2 aromatic carbocycles. The molecule has 1 nitrogen and oxygen atoms in total. The minimum Gasteiger partial charge on any atom is -0.316 e. The highest BCUT2D eigenvalue weighted by molar-refractivity contribution is 14.1. The maximum Gasteiger partial charge on any atom is 0.0173 e. The van der Waals surface area contributed by atoms with Gasteiger partial charge in [-0.15, -0.1) is 0 Å². The fourth-order valence-electron chi connectivity index (χ4n) is 2.77. The third-order valence-electron chi connectivity index (χ3n) is 3.89. The predicted molar refractivity (Wildman–Crippen MR) is 95.2 cm³/mol. The first-order valence-corrected chi connectivity index (χ1v) is 8.29. The van der Waals surface area contributed by atoms with Crippen LogP contribution in [0, 0.1) is 3.57 Å². The molecule has 0 saturated heterocycles. The van der Waals surface area contributed by atoms with Crippen molar-refractivity contribution < 1.29 is 0 Å². The van der Waals surface area contributed by atoms with Gasteiger partial charge in [0.05, 0.1) is 0 Å². The Labute approximate surface area is 135 Å². The maximum atomic E-state index is 3.51. The van der Waals surface area contributed by atoms with E-state index in [0.29, 0.717) is 12.0 Å². The van der Waals surface area contributed by atoms with E-state index in [0.717, 1.165) is 12.8 Å². The summed E-state index contributed by atoms with van der Waals surface area (Å²) >= 11 is 2.35. The topological polar surface area (TPSA) is 12.0 Å². The molecule has 0 aliphatic heterocycles. The van der Waals surface area contributed by atoms with Gasteiger partial charge < -0.3 is 5.32 Å². The van der Waals surface area contributed by atoms with Gasteiger partial charge in [-0.05, 0) is 71.7 Å². The number of hydrogen-bond donors (Lipinski definition) is 1. The van der Waals surface area contributed by atoms with Crippen molar-refractivity contribution in [1.29, 1.82) is 0 Å². The van der Waals surface area contributed by atoms with Crippen LogP contribution in [-0.2, 0) is 6.42 Å². The van der Waals surface area contributed by atoms with Crippen molar-refractivity contribution >= 4 is 22.6 Å². The second-order valence-corrected chi connectivity index (χ2v) is 6.40. The van der Waals surface area contributed by atoms with Crippen LogP contribution in [0.1, 0.15) is 30.4 Å². The van der Waals surface area contributed by atoms with E-state index in [-0.39, 0.29) is 0 Å². The van der Waals surface area contributed by atoms with Crippen molar-refractivity contribution in [3.05, 3.63) is 69.3 Å². The second-order valence-electron chi connectivity index (χ2n) is 5.15. The van der Waals surface area contributed by atoms with Crippen LogP contribution in [0.3, 0.4) is 0 Å². The molecule has 0 aromatic heterocycles. The van der Waals surface area contributed by atoms with E-state index in [1.807, 2.05) is 0 Å². The quantitative estimate of drug-likeness (QED) is 0.723. The Bertz CT molecular complexity index is 507. The number of benzene rings is 2. The molecule has 0 heterocycles. The van der Waals surface area contributed by atoms with Gasteiger partial charge in [0.2, 0.25) is 0 Å². The molecule has 0 amide bonds. The molecule has 0 saturated carbocycles. The van der Waals surface area contributed by atoms with Crippen LogP contribution < -0.4 is 5.32 Å². The fraction of sp³-hybridized carbons (Fsp3) is 0.333. The SMILES string of the molecule is CCC(c1ccccc1)C(Cc1ccc(I)cc1)NC. The first kappa shape index (κ1) is 15.5. The normalized spacial score (nSPS) is 13.9. The maximum absolute atomic E-state index is 3.51. The Kier molecular flexibility index (Phi) is 6.05. The van der Waals surface area contributed by atoms with Gasteiger partial charge in [-0.2, -0.15) is 0 Å². The number of halogens is 1. The summed E-state index contributed by atoms with van der Waals surface area (Å²) in [6, 6.07) is 20.2. The Balaban J connectivity index is 2.15. The smallest absolute Gasteiger partial charge is 0.0173 e. The summed E-state index contributed by atoms with van der Waals surface area (Å²) in [6.07, 6.45) is 2.22. The van der Waals surface area contributed by atoms with Gasteiger partial charge in [-0.25, -0.2) is 0 Å². The molecule has 0 fully saturated rings. The lowest BCUT2D eigenvalue weighted by Gasteiger charge is -2.26. The highest BCUT2D eigenvalue weighted by atomic mass is 127. The standard InChI is InChI=1S/C18H22IN/c1-3-17(15-7-5-4-6-8-15)18(20-2)13-14-9-11-16(19)12-10-14/h4-12,17-18,20H,3,13H2,1-2H3. The molecule has 20 heavy (non-hydrogen) atoms. The van der Waals surface area contributed by atoms with Crippen molar-refractivity contribution in [1.82, 2.24) is 5.32 Å². The Morgan fingerprint density at radius 2 is 1.65 bits per heavy atom. The van der Waals surface area contributed by atoms with E-state index >= 15 is 0 Å². The van der Waals surface area contributed by atoms with E-state index in [4.69, 9.17) is 0 Å². The lowest BCUT2D eigenvalue weighted by Crippen LogP contribution is -2.34. The summed E-state index contributed by atoms with van der Waals surface area (Å²) in [5.74, 6) is 0.556. The third-order valence-corrected chi connectivity index (χ3v) is 4.61. The molecule has 2 unspecified atom stereocenters. The zero-order valence-electron chi connectivity index (χ0n) is 12.1. The molecule has 1 N–H and O–H groups in total. The van der Waals surface area contributed by atoms with Gasteiger partial charge in [0.1, 0.15) is 0 Å². The summed E-state index contributed by atoms with van der Waals surface area (Å²) < 4.78 is 1.29. The summed E-state index contributed by atoms with van der Waals surface area (Å²) in [5, 5.41) is 3.51. The molecule has 0 bridgehead atoms. The molecule has 2 atom stereocenters. The number of rotatable bonds is 6. The van der Waals surface area contributed by atoms with Gasteiger partial charge in [-0.1, -0.05) is 49.4 Å². The zero-order valence-corrected chi connectivity index (χ0v) is 14.3. The third kappa shape index (κ3) is 4.06. The molecular weight excluding hydrogens is 357 g/mol. The van der Waals surface area contributed by atoms with E-state index in [9.17, 15) is 0 Å². The van der Waals surface area contributed by atoms with Crippen LogP contribution in [0.2, 0.25) is 0 Å². The second kappa shape index (κ2) is 7.79.